The van der Waals surface area contributed by atoms with E-state index in [0.29, 0.717) is 12.1 Å². The van der Waals surface area contributed by atoms with Crippen molar-refractivity contribution < 1.29 is 9.90 Å². The van der Waals surface area contributed by atoms with Gasteiger partial charge in [-0.05, 0) is 36.1 Å². The number of benzene rings is 1. The van der Waals surface area contributed by atoms with Crippen molar-refractivity contribution in [1.29, 1.82) is 0 Å². The van der Waals surface area contributed by atoms with Crippen molar-refractivity contribution in [2.45, 2.75) is 25.1 Å². The second-order valence-electron chi connectivity index (χ2n) is 6.66. The summed E-state index contributed by atoms with van der Waals surface area (Å²) in [5.74, 6) is -0.180. The first-order chi connectivity index (χ1) is 12.7. The lowest BCUT2D eigenvalue weighted by atomic mass is 10.0. The van der Waals surface area contributed by atoms with Gasteiger partial charge in [0.05, 0.1) is 17.7 Å². The summed E-state index contributed by atoms with van der Waals surface area (Å²) in [5, 5.41) is 14.7. The fourth-order valence-corrected chi connectivity index (χ4v) is 4.50. The molecule has 6 heteroatoms. The Labute approximate surface area is 156 Å². The Morgan fingerprint density at radius 1 is 1.31 bits per heavy atom. The quantitative estimate of drug-likeness (QED) is 0.744. The summed E-state index contributed by atoms with van der Waals surface area (Å²) in [5.41, 5.74) is 0.521. The van der Waals surface area contributed by atoms with Gasteiger partial charge < -0.3 is 10.4 Å². The average molecular weight is 367 g/mol. The van der Waals surface area contributed by atoms with Gasteiger partial charge in [0, 0.05) is 41.6 Å². The van der Waals surface area contributed by atoms with Gasteiger partial charge in [0.15, 0.2) is 0 Å². The Morgan fingerprint density at radius 3 is 2.96 bits per heavy atom. The number of carbonyl (C=O) groups is 1. The molecule has 2 aromatic heterocycles. The molecule has 0 aliphatic carbocycles. The molecule has 0 radical (unpaired) electrons. The molecule has 4 rings (SSSR count). The standard InChI is InChI=1S/C20H21N3O2S/c24-18-13-23(12-16-10-14-4-1-2-6-19(14)26-16)9-7-17(18)22-20(25)15-5-3-8-21-11-15/h1-6,8,10-11,17-18,24H,7,9,12-13H2,(H,22,25)/t17-,18-/m1/s1. The van der Waals surface area contributed by atoms with Gasteiger partial charge in [-0.3, -0.25) is 14.7 Å². The Balaban J connectivity index is 1.35. The number of pyridine rings is 1. The molecule has 1 saturated heterocycles. The highest BCUT2D eigenvalue weighted by atomic mass is 32.1. The molecule has 1 aliphatic heterocycles. The fraction of sp³-hybridized carbons (Fsp3) is 0.300. The number of carbonyl (C=O) groups excluding carboxylic acids is 1. The number of hydrogen-bond donors (Lipinski definition) is 2. The first-order valence-corrected chi connectivity index (χ1v) is 9.59. The molecule has 1 aromatic carbocycles. The molecule has 26 heavy (non-hydrogen) atoms. The molecule has 1 amide bonds. The van der Waals surface area contributed by atoms with Crippen LogP contribution in [0.1, 0.15) is 21.7 Å². The maximum absolute atomic E-state index is 12.3. The van der Waals surface area contributed by atoms with Crippen LogP contribution in [0.2, 0.25) is 0 Å². The van der Waals surface area contributed by atoms with Crippen LogP contribution in [0, 0.1) is 0 Å². The highest BCUT2D eigenvalue weighted by molar-refractivity contribution is 7.19. The number of aliphatic hydroxyl groups excluding tert-OH is 1. The SMILES string of the molecule is O=C(N[C@@H]1CCN(Cc2cc3ccccc3s2)C[C@H]1O)c1cccnc1. The number of aliphatic hydroxyl groups is 1. The fourth-order valence-electron chi connectivity index (χ4n) is 3.39. The summed E-state index contributed by atoms with van der Waals surface area (Å²) in [4.78, 5) is 19.8. The molecule has 0 unspecified atom stereocenters. The second-order valence-corrected chi connectivity index (χ2v) is 7.83. The largest absolute Gasteiger partial charge is 0.390 e. The van der Waals surface area contributed by atoms with Crippen LogP contribution in [0.3, 0.4) is 0 Å². The summed E-state index contributed by atoms with van der Waals surface area (Å²) >= 11 is 1.80. The molecular weight excluding hydrogens is 346 g/mol. The van der Waals surface area contributed by atoms with E-state index in [9.17, 15) is 9.90 Å². The molecule has 5 nitrogen and oxygen atoms in total. The number of amides is 1. The minimum Gasteiger partial charge on any atom is -0.390 e. The van der Waals surface area contributed by atoms with Gasteiger partial charge in [-0.2, -0.15) is 0 Å². The number of β-amino-alcohol motifs (C(OH)–C–C–N with tert-alkyl or cyclic N) is 1. The van der Waals surface area contributed by atoms with Crippen molar-refractivity contribution >= 4 is 27.3 Å². The molecular formula is C20H21N3O2S. The molecule has 0 spiro atoms. The number of rotatable bonds is 4. The van der Waals surface area contributed by atoms with E-state index < -0.39 is 6.10 Å². The Hall–Kier alpha value is -2.28. The van der Waals surface area contributed by atoms with Crippen LogP contribution in [0.5, 0.6) is 0 Å². The normalized spacial score (nSPS) is 21.0. The van der Waals surface area contributed by atoms with Gasteiger partial charge in [-0.15, -0.1) is 11.3 Å². The summed E-state index contributed by atoms with van der Waals surface area (Å²) < 4.78 is 1.29. The van der Waals surface area contributed by atoms with Crippen LogP contribution >= 0.6 is 11.3 Å². The highest BCUT2D eigenvalue weighted by Crippen LogP contribution is 2.27. The number of piperidine rings is 1. The number of hydrogen-bond acceptors (Lipinski definition) is 5. The lowest BCUT2D eigenvalue weighted by Crippen LogP contribution is -2.53. The molecule has 1 aliphatic rings. The van der Waals surface area contributed by atoms with E-state index >= 15 is 0 Å². The molecule has 3 heterocycles. The monoisotopic (exact) mass is 367 g/mol. The van der Waals surface area contributed by atoms with Crippen LogP contribution in [-0.2, 0) is 6.54 Å². The molecule has 0 bridgehead atoms. The van der Waals surface area contributed by atoms with Crippen molar-refractivity contribution in [2.24, 2.45) is 0 Å². The summed E-state index contributed by atoms with van der Waals surface area (Å²) in [6, 6.07) is 13.8. The van der Waals surface area contributed by atoms with E-state index in [1.165, 1.54) is 21.2 Å². The maximum Gasteiger partial charge on any atom is 0.253 e. The van der Waals surface area contributed by atoms with Crippen LogP contribution < -0.4 is 5.32 Å². The summed E-state index contributed by atoms with van der Waals surface area (Å²) in [7, 11) is 0. The predicted molar refractivity (Wildman–Crippen MR) is 103 cm³/mol. The van der Waals surface area contributed by atoms with E-state index in [2.05, 4.69) is 45.5 Å². The minimum atomic E-state index is -0.571. The lowest BCUT2D eigenvalue weighted by Gasteiger charge is -2.36. The predicted octanol–water partition coefficient (Wildman–Crippen LogP) is 2.66. The van der Waals surface area contributed by atoms with Gasteiger partial charge in [-0.1, -0.05) is 18.2 Å². The number of thiophene rings is 1. The molecule has 0 saturated carbocycles. The molecule has 1 fully saturated rings. The number of likely N-dealkylation sites (tertiary alicyclic amines) is 1. The third-order valence-electron chi connectivity index (χ3n) is 4.76. The third kappa shape index (κ3) is 3.77. The van der Waals surface area contributed by atoms with E-state index in [4.69, 9.17) is 0 Å². The Morgan fingerprint density at radius 2 is 2.19 bits per heavy atom. The Kier molecular flexibility index (Phi) is 4.97. The van der Waals surface area contributed by atoms with Gasteiger partial charge in [-0.25, -0.2) is 0 Å². The second kappa shape index (κ2) is 7.53. The highest BCUT2D eigenvalue weighted by Gasteiger charge is 2.29. The van der Waals surface area contributed by atoms with Gasteiger partial charge in [0.25, 0.3) is 5.91 Å². The number of fused-ring (bicyclic) bond motifs is 1. The van der Waals surface area contributed by atoms with Gasteiger partial charge in [0.2, 0.25) is 0 Å². The zero-order valence-electron chi connectivity index (χ0n) is 14.3. The first-order valence-electron chi connectivity index (χ1n) is 8.78. The lowest BCUT2D eigenvalue weighted by molar-refractivity contribution is 0.0353. The smallest absolute Gasteiger partial charge is 0.253 e. The average Bonchev–Trinajstić information content (AvgIpc) is 3.07. The number of nitrogens with one attached hydrogen (secondary N) is 1. The van der Waals surface area contributed by atoms with Crippen molar-refractivity contribution in [3.8, 4) is 0 Å². The molecule has 3 aromatic rings. The molecule has 134 valence electrons. The summed E-state index contributed by atoms with van der Waals surface area (Å²) in [6.45, 7) is 2.25. The third-order valence-corrected chi connectivity index (χ3v) is 5.86. The number of nitrogens with zero attached hydrogens (tertiary/aromatic N) is 2. The van der Waals surface area contributed by atoms with Crippen LogP contribution in [0.15, 0.2) is 54.9 Å². The zero-order chi connectivity index (χ0) is 17.9. The van der Waals surface area contributed by atoms with Crippen molar-refractivity contribution in [3.63, 3.8) is 0 Å². The van der Waals surface area contributed by atoms with Crippen molar-refractivity contribution in [3.05, 3.63) is 65.3 Å². The van der Waals surface area contributed by atoms with Crippen LogP contribution in [0.25, 0.3) is 10.1 Å². The molecule has 2 atom stereocenters. The van der Waals surface area contributed by atoms with Crippen molar-refractivity contribution in [1.82, 2.24) is 15.2 Å². The van der Waals surface area contributed by atoms with E-state index in [1.54, 1.807) is 29.7 Å². The summed E-state index contributed by atoms with van der Waals surface area (Å²) in [6.07, 6.45) is 3.34. The van der Waals surface area contributed by atoms with Crippen LogP contribution in [0.4, 0.5) is 0 Å². The zero-order valence-corrected chi connectivity index (χ0v) is 15.2. The van der Waals surface area contributed by atoms with Crippen molar-refractivity contribution in [2.75, 3.05) is 13.1 Å². The molecule has 2 N–H and O–H groups in total. The van der Waals surface area contributed by atoms with Gasteiger partial charge >= 0.3 is 0 Å². The minimum absolute atomic E-state index is 0.180. The van der Waals surface area contributed by atoms with E-state index in [-0.39, 0.29) is 11.9 Å². The van der Waals surface area contributed by atoms with Gasteiger partial charge in [0.1, 0.15) is 0 Å². The topological polar surface area (TPSA) is 65.5 Å². The first kappa shape index (κ1) is 17.1. The maximum atomic E-state index is 12.3. The van der Waals surface area contributed by atoms with E-state index in [0.717, 1.165) is 19.5 Å². The Bertz CT molecular complexity index is 863. The van der Waals surface area contributed by atoms with E-state index in [1.807, 2.05) is 0 Å². The number of aromatic nitrogens is 1. The van der Waals surface area contributed by atoms with Crippen LogP contribution in [-0.4, -0.2) is 46.1 Å².